The van der Waals surface area contributed by atoms with Crippen LogP contribution in [0.4, 0.5) is 11.4 Å². The summed E-state index contributed by atoms with van der Waals surface area (Å²) in [6.07, 6.45) is 0.532. The molecule has 0 aliphatic carbocycles. The first-order valence-electron chi connectivity index (χ1n) is 5.87. The van der Waals surface area contributed by atoms with Gasteiger partial charge < -0.3 is 10.5 Å². The van der Waals surface area contributed by atoms with Crippen LogP contribution in [0.5, 0.6) is 0 Å². The zero-order valence-electron chi connectivity index (χ0n) is 11.2. The second-order valence-electron chi connectivity index (χ2n) is 4.16. The second-order valence-corrected chi connectivity index (χ2v) is 5.87. The standard InChI is InChI=1S/C11H17N3O5S/c1-3-8(7-19-2)13-20(17,18)9-4-5-10(12)11(6-9)14(15)16/h4-6,8,13H,3,7,12H2,1-2H3. The van der Waals surface area contributed by atoms with Crippen LogP contribution in [-0.2, 0) is 14.8 Å². The van der Waals surface area contributed by atoms with E-state index in [-0.39, 0.29) is 17.2 Å². The molecule has 20 heavy (non-hydrogen) atoms. The van der Waals surface area contributed by atoms with Crippen molar-refractivity contribution in [2.24, 2.45) is 0 Å². The zero-order chi connectivity index (χ0) is 15.3. The Hall–Kier alpha value is -1.71. The van der Waals surface area contributed by atoms with Gasteiger partial charge in [-0.25, -0.2) is 13.1 Å². The van der Waals surface area contributed by atoms with Crippen molar-refractivity contribution in [3.05, 3.63) is 28.3 Å². The number of nitro benzene ring substituents is 1. The molecule has 1 aromatic rings. The smallest absolute Gasteiger partial charge is 0.293 e. The molecule has 1 rings (SSSR count). The van der Waals surface area contributed by atoms with Crippen molar-refractivity contribution in [2.75, 3.05) is 19.5 Å². The molecule has 1 atom stereocenters. The highest BCUT2D eigenvalue weighted by Crippen LogP contribution is 2.24. The van der Waals surface area contributed by atoms with Gasteiger partial charge in [0.1, 0.15) is 5.69 Å². The number of benzene rings is 1. The van der Waals surface area contributed by atoms with E-state index >= 15 is 0 Å². The summed E-state index contributed by atoms with van der Waals surface area (Å²) in [6, 6.07) is 2.97. The summed E-state index contributed by atoms with van der Waals surface area (Å²) < 4.78 is 31.6. The van der Waals surface area contributed by atoms with Gasteiger partial charge in [-0.05, 0) is 18.6 Å². The quantitative estimate of drug-likeness (QED) is 0.437. The summed E-state index contributed by atoms with van der Waals surface area (Å²) >= 11 is 0. The van der Waals surface area contributed by atoms with Crippen LogP contribution in [0.1, 0.15) is 13.3 Å². The minimum Gasteiger partial charge on any atom is -0.393 e. The van der Waals surface area contributed by atoms with Gasteiger partial charge >= 0.3 is 0 Å². The number of nitro groups is 1. The largest absolute Gasteiger partial charge is 0.393 e. The molecule has 0 bridgehead atoms. The molecule has 1 unspecified atom stereocenters. The van der Waals surface area contributed by atoms with E-state index in [2.05, 4.69) is 4.72 Å². The lowest BCUT2D eigenvalue weighted by Gasteiger charge is -2.16. The lowest BCUT2D eigenvalue weighted by molar-refractivity contribution is -0.384. The Bertz CT molecular complexity index is 588. The van der Waals surface area contributed by atoms with E-state index in [0.29, 0.717) is 6.42 Å². The van der Waals surface area contributed by atoms with Gasteiger partial charge in [0.25, 0.3) is 5.69 Å². The molecule has 9 heteroatoms. The van der Waals surface area contributed by atoms with Crippen molar-refractivity contribution < 1.29 is 18.1 Å². The van der Waals surface area contributed by atoms with E-state index in [0.717, 1.165) is 6.07 Å². The predicted molar refractivity (Wildman–Crippen MR) is 73.8 cm³/mol. The van der Waals surface area contributed by atoms with E-state index in [4.69, 9.17) is 10.5 Å². The number of nitrogens with one attached hydrogen (secondary N) is 1. The monoisotopic (exact) mass is 303 g/mol. The van der Waals surface area contributed by atoms with E-state index in [1.807, 2.05) is 0 Å². The minimum atomic E-state index is -3.86. The Balaban J connectivity index is 3.09. The maximum Gasteiger partial charge on any atom is 0.293 e. The van der Waals surface area contributed by atoms with Gasteiger partial charge in [-0.1, -0.05) is 6.92 Å². The number of sulfonamides is 1. The SMILES string of the molecule is CCC(COC)NS(=O)(=O)c1ccc(N)c([N+](=O)[O-])c1. The number of anilines is 1. The first kappa shape index (κ1) is 16.3. The molecule has 8 nitrogen and oxygen atoms in total. The van der Waals surface area contributed by atoms with Crippen molar-refractivity contribution in [1.29, 1.82) is 0 Å². The molecular weight excluding hydrogens is 286 g/mol. The first-order valence-corrected chi connectivity index (χ1v) is 7.35. The molecule has 1 aromatic carbocycles. The third-order valence-corrected chi connectivity index (χ3v) is 4.21. The Morgan fingerprint density at radius 3 is 2.65 bits per heavy atom. The maximum atomic E-state index is 12.1. The first-order chi connectivity index (χ1) is 9.31. The van der Waals surface area contributed by atoms with Crippen molar-refractivity contribution in [1.82, 2.24) is 4.72 Å². The highest BCUT2D eigenvalue weighted by atomic mass is 32.2. The number of hydrogen-bond donors (Lipinski definition) is 2. The topological polar surface area (TPSA) is 125 Å². The summed E-state index contributed by atoms with van der Waals surface area (Å²) in [5.41, 5.74) is 4.91. The van der Waals surface area contributed by atoms with Crippen LogP contribution in [0, 0.1) is 10.1 Å². The van der Waals surface area contributed by atoms with Gasteiger partial charge in [0.05, 0.1) is 16.4 Å². The lowest BCUT2D eigenvalue weighted by Crippen LogP contribution is -2.37. The Labute approximate surface area is 117 Å². The van der Waals surface area contributed by atoms with Gasteiger partial charge in [-0.3, -0.25) is 10.1 Å². The summed E-state index contributed by atoms with van der Waals surface area (Å²) in [5.74, 6) is 0. The summed E-state index contributed by atoms with van der Waals surface area (Å²) in [6.45, 7) is 2.02. The van der Waals surface area contributed by atoms with Crippen molar-refractivity contribution in [3.63, 3.8) is 0 Å². The fourth-order valence-electron chi connectivity index (χ4n) is 1.57. The van der Waals surface area contributed by atoms with Gasteiger partial charge in [-0.15, -0.1) is 0 Å². The number of nitrogens with zero attached hydrogens (tertiary/aromatic N) is 1. The molecule has 112 valence electrons. The number of hydrogen-bond acceptors (Lipinski definition) is 6. The number of nitrogens with two attached hydrogens (primary N) is 1. The molecule has 0 fully saturated rings. The number of nitrogen functional groups attached to an aromatic ring is 1. The molecule has 0 radical (unpaired) electrons. The molecule has 0 aromatic heterocycles. The van der Waals surface area contributed by atoms with Crippen LogP contribution in [-0.4, -0.2) is 33.1 Å². The van der Waals surface area contributed by atoms with E-state index < -0.39 is 26.7 Å². The van der Waals surface area contributed by atoms with E-state index in [1.54, 1.807) is 6.92 Å². The lowest BCUT2D eigenvalue weighted by atomic mass is 10.3. The Kier molecular flexibility index (Phi) is 5.43. The predicted octanol–water partition coefficient (Wildman–Crippen LogP) is 0.880. The normalized spacial score (nSPS) is 13.1. The fourth-order valence-corrected chi connectivity index (χ4v) is 2.90. The molecule has 0 saturated carbocycles. The van der Waals surface area contributed by atoms with Crippen molar-refractivity contribution in [2.45, 2.75) is 24.3 Å². The average molecular weight is 303 g/mol. The fraction of sp³-hybridized carbons (Fsp3) is 0.455. The van der Waals surface area contributed by atoms with Crippen LogP contribution in [0.3, 0.4) is 0 Å². The molecule has 0 aliphatic rings. The molecule has 3 N–H and O–H groups in total. The van der Waals surface area contributed by atoms with Crippen molar-refractivity contribution >= 4 is 21.4 Å². The molecule has 0 spiro atoms. The Morgan fingerprint density at radius 2 is 2.15 bits per heavy atom. The highest BCUT2D eigenvalue weighted by Gasteiger charge is 2.22. The average Bonchev–Trinajstić information content (AvgIpc) is 2.37. The van der Waals surface area contributed by atoms with Crippen LogP contribution < -0.4 is 10.5 Å². The molecular formula is C11H17N3O5S. The third kappa shape index (κ3) is 3.89. The van der Waals surface area contributed by atoms with Crippen LogP contribution in [0.2, 0.25) is 0 Å². The van der Waals surface area contributed by atoms with Crippen LogP contribution >= 0.6 is 0 Å². The highest BCUT2D eigenvalue weighted by molar-refractivity contribution is 7.89. The summed E-state index contributed by atoms with van der Waals surface area (Å²) in [4.78, 5) is 9.85. The van der Waals surface area contributed by atoms with Crippen molar-refractivity contribution in [3.8, 4) is 0 Å². The summed E-state index contributed by atoms with van der Waals surface area (Å²) in [7, 11) is -2.39. The maximum absolute atomic E-state index is 12.1. The van der Waals surface area contributed by atoms with Crippen LogP contribution in [0.25, 0.3) is 0 Å². The number of ether oxygens (including phenoxy) is 1. The number of rotatable bonds is 7. The Morgan fingerprint density at radius 1 is 1.50 bits per heavy atom. The van der Waals surface area contributed by atoms with Gasteiger partial charge in [0.2, 0.25) is 10.0 Å². The third-order valence-electron chi connectivity index (χ3n) is 2.69. The van der Waals surface area contributed by atoms with Gasteiger partial charge in [0.15, 0.2) is 0 Å². The second kappa shape index (κ2) is 6.64. The molecule has 0 heterocycles. The van der Waals surface area contributed by atoms with Crippen LogP contribution in [0.15, 0.2) is 23.1 Å². The molecule has 0 saturated heterocycles. The molecule has 0 amide bonds. The number of methoxy groups -OCH3 is 1. The zero-order valence-corrected chi connectivity index (χ0v) is 12.0. The summed E-state index contributed by atoms with van der Waals surface area (Å²) in [5, 5.41) is 10.8. The van der Waals surface area contributed by atoms with E-state index in [9.17, 15) is 18.5 Å². The molecule has 0 aliphatic heterocycles. The van der Waals surface area contributed by atoms with Gasteiger partial charge in [0, 0.05) is 19.2 Å². The minimum absolute atomic E-state index is 0.0853. The van der Waals surface area contributed by atoms with Gasteiger partial charge in [-0.2, -0.15) is 0 Å². The van der Waals surface area contributed by atoms with E-state index in [1.165, 1.54) is 19.2 Å².